The third kappa shape index (κ3) is 5.02. The van der Waals surface area contributed by atoms with Crippen LogP contribution in [0.4, 0.5) is 4.79 Å². The molecule has 0 radical (unpaired) electrons. The van der Waals surface area contributed by atoms with E-state index in [0.717, 1.165) is 22.7 Å². The molecule has 0 atom stereocenters. The number of amides is 2. The Bertz CT molecular complexity index is 1250. The number of hydrogen-bond donors (Lipinski definition) is 0. The van der Waals surface area contributed by atoms with E-state index < -0.39 is 0 Å². The molecule has 0 saturated carbocycles. The summed E-state index contributed by atoms with van der Waals surface area (Å²) in [6, 6.07) is 17.6. The molecule has 3 aromatic carbocycles. The maximum Gasteiger partial charge on any atom is 0.293 e. The van der Waals surface area contributed by atoms with Gasteiger partial charge >= 0.3 is 0 Å². The number of rotatable bonds is 7. The monoisotopic (exact) mass is 481 g/mol. The lowest BCUT2D eigenvalue weighted by Gasteiger charge is -2.16. The molecule has 0 unspecified atom stereocenters. The second-order valence-corrected chi connectivity index (χ2v) is 9.28. The quantitative estimate of drug-likeness (QED) is 0.343. The van der Waals surface area contributed by atoms with Crippen LogP contribution in [0.5, 0.6) is 11.5 Å². The first-order valence-corrected chi connectivity index (χ1v) is 11.9. The molecule has 1 saturated heterocycles. The number of thioether (sulfide) groups is 1. The molecule has 1 fully saturated rings. The van der Waals surface area contributed by atoms with Crippen LogP contribution in [0.1, 0.15) is 31.9 Å². The van der Waals surface area contributed by atoms with Gasteiger partial charge in [0.25, 0.3) is 11.1 Å². The number of carbonyl (C=O) groups excluding carboxylic acids is 2. The van der Waals surface area contributed by atoms with Crippen LogP contribution in [0.3, 0.4) is 0 Å². The average molecular weight is 482 g/mol. The molecule has 4 rings (SSSR count). The van der Waals surface area contributed by atoms with Gasteiger partial charge in [0, 0.05) is 6.04 Å². The van der Waals surface area contributed by atoms with Crippen LogP contribution in [0, 0.1) is 0 Å². The molecule has 1 aliphatic rings. The van der Waals surface area contributed by atoms with Crippen molar-refractivity contribution >= 4 is 51.4 Å². The highest BCUT2D eigenvalue weighted by Gasteiger charge is 2.36. The fraction of sp³-hybridized carbons (Fsp3) is 0.231. The molecule has 5 nitrogen and oxygen atoms in total. The summed E-state index contributed by atoms with van der Waals surface area (Å²) >= 11 is 7.48. The summed E-state index contributed by atoms with van der Waals surface area (Å²) in [5, 5.41) is 2.41. The number of carbonyl (C=O) groups is 2. The third-order valence-corrected chi connectivity index (χ3v) is 6.33. The first kappa shape index (κ1) is 23.2. The molecule has 170 valence electrons. The van der Waals surface area contributed by atoms with Crippen LogP contribution < -0.4 is 9.47 Å². The summed E-state index contributed by atoms with van der Waals surface area (Å²) in [7, 11) is 0. The van der Waals surface area contributed by atoms with Crippen LogP contribution in [0.15, 0.2) is 59.5 Å². The molecule has 0 aliphatic carbocycles. The number of imide groups is 1. The minimum Gasteiger partial charge on any atom is -0.490 e. The lowest BCUT2D eigenvalue weighted by molar-refractivity contribution is -0.123. The summed E-state index contributed by atoms with van der Waals surface area (Å²) in [4.78, 5) is 26.4. The van der Waals surface area contributed by atoms with E-state index in [1.54, 1.807) is 18.2 Å². The van der Waals surface area contributed by atoms with Crippen molar-refractivity contribution in [2.75, 3.05) is 6.61 Å². The SMILES string of the molecule is CCOc1cc(/C=C2/SC(=O)N(C(C)C)C2=O)cc(Cl)c1OCc1ccc2ccccc2c1. The highest BCUT2D eigenvalue weighted by atomic mass is 35.5. The van der Waals surface area contributed by atoms with E-state index in [9.17, 15) is 9.59 Å². The first-order chi connectivity index (χ1) is 15.9. The Kier molecular flexibility index (Phi) is 6.96. The number of hydrogen-bond acceptors (Lipinski definition) is 5. The molecule has 0 bridgehead atoms. The highest BCUT2D eigenvalue weighted by Crippen LogP contribution is 2.40. The van der Waals surface area contributed by atoms with Crippen molar-refractivity contribution < 1.29 is 19.1 Å². The fourth-order valence-corrected chi connectivity index (χ4v) is 4.87. The normalized spacial score (nSPS) is 15.2. The van der Waals surface area contributed by atoms with Crippen LogP contribution in [0.25, 0.3) is 16.8 Å². The standard InChI is InChI=1S/C26H24ClNO4S/c1-4-31-22-13-18(14-23-25(29)28(16(2)3)26(30)33-23)12-21(27)24(22)32-15-17-9-10-19-7-5-6-8-20(19)11-17/h5-14,16H,4,15H2,1-3H3/b23-14+. The molecule has 1 heterocycles. The summed E-state index contributed by atoms with van der Waals surface area (Å²) in [6.45, 7) is 6.25. The van der Waals surface area contributed by atoms with Gasteiger partial charge in [-0.05, 0) is 78.7 Å². The molecular weight excluding hydrogens is 458 g/mol. The molecular formula is C26H24ClNO4S. The maximum absolute atomic E-state index is 12.6. The van der Waals surface area contributed by atoms with E-state index in [2.05, 4.69) is 24.3 Å². The maximum atomic E-state index is 12.6. The summed E-state index contributed by atoms with van der Waals surface area (Å²) in [5.41, 5.74) is 1.68. The van der Waals surface area contributed by atoms with E-state index in [1.807, 2.05) is 39.0 Å². The Morgan fingerprint density at radius 1 is 1.03 bits per heavy atom. The van der Waals surface area contributed by atoms with Gasteiger partial charge in [-0.25, -0.2) is 0 Å². The number of benzene rings is 3. The summed E-state index contributed by atoms with van der Waals surface area (Å²) in [6.07, 6.45) is 1.66. The smallest absolute Gasteiger partial charge is 0.293 e. The van der Waals surface area contributed by atoms with Gasteiger partial charge in [0.15, 0.2) is 11.5 Å². The molecule has 33 heavy (non-hydrogen) atoms. The largest absolute Gasteiger partial charge is 0.490 e. The molecule has 0 spiro atoms. The van der Waals surface area contributed by atoms with E-state index in [1.165, 1.54) is 10.3 Å². The third-order valence-electron chi connectivity index (χ3n) is 5.17. The molecule has 2 amide bonds. The lowest BCUT2D eigenvalue weighted by atomic mass is 10.1. The van der Waals surface area contributed by atoms with Gasteiger partial charge in [-0.2, -0.15) is 0 Å². The summed E-state index contributed by atoms with van der Waals surface area (Å²) < 4.78 is 11.8. The van der Waals surface area contributed by atoms with Crippen molar-refractivity contribution in [2.45, 2.75) is 33.4 Å². The van der Waals surface area contributed by atoms with Gasteiger partial charge in [0.05, 0.1) is 16.5 Å². The zero-order valence-electron chi connectivity index (χ0n) is 18.6. The number of halogens is 1. The van der Waals surface area contributed by atoms with E-state index in [0.29, 0.717) is 40.2 Å². The Morgan fingerprint density at radius 3 is 2.48 bits per heavy atom. The molecule has 0 aromatic heterocycles. The van der Waals surface area contributed by atoms with Crippen LogP contribution in [-0.4, -0.2) is 28.7 Å². The van der Waals surface area contributed by atoms with Crippen molar-refractivity contribution in [1.29, 1.82) is 0 Å². The van der Waals surface area contributed by atoms with Gasteiger partial charge in [-0.1, -0.05) is 48.0 Å². The Morgan fingerprint density at radius 2 is 1.79 bits per heavy atom. The minimum absolute atomic E-state index is 0.197. The van der Waals surface area contributed by atoms with E-state index >= 15 is 0 Å². The predicted molar refractivity (Wildman–Crippen MR) is 134 cm³/mol. The fourth-order valence-electron chi connectivity index (χ4n) is 3.63. The Balaban J connectivity index is 1.59. The van der Waals surface area contributed by atoms with Crippen LogP contribution in [0.2, 0.25) is 5.02 Å². The van der Waals surface area contributed by atoms with Crippen molar-refractivity contribution in [3.05, 3.63) is 75.7 Å². The number of ether oxygens (including phenoxy) is 2. The van der Waals surface area contributed by atoms with E-state index in [-0.39, 0.29) is 17.2 Å². The van der Waals surface area contributed by atoms with Gasteiger partial charge in [-0.3, -0.25) is 14.5 Å². The Hall–Kier alpha value is -2.96. The van der Waals surface area contributed by atoms with Crippen LogP contribution in [-0.2, 0) is 11.4 Å². The van der Waals surface area contributed by atoms with Gasteiger partial charge in [0.2, 0.25) is 0 Å². The van der Waals surface area contributed by atoms with Gasteiger partial charge in [0.1, 0.15) is 6.61 Å². The molecule has 1 aliphatic heterocycles. The molecule has 7 heteroatoms. The number of fused-ring (bicyclic) bond motifs is 1. The van der Waals surface area contributed by atoms with Gasteiger partial charge < -0.3 is 9.47 Å². The first-order valence-electron chi connectivity index (χ1n) is 10.7. The molecule has 0 N–H and O–H groups in total. The van der Waals surface area contributed by atoms with E-state index in [4.69, 9.17) is 21.1 Å². The lowest BCUT2D eigenvalue weighted by Crippen LogP contribution is -2.34. The Labute approximate surface area is 202 Å². The molecule has 3 aromatic rings. The highest BCUT2D eigenvalue weighted by molar-refractivity contribution is 8.18. The minimum atomic E-state index is -0.300. The average Bonchev–Trinajstić information content (AvgIpc) is 3.06. The second-order valence-electron chi connectivity index (χ2n) is 7.88. The number of nitrogens with zero attached hydrogens (tertiary/aromatic N) is 1. The van der Waals surface area contributed by atoms with Crippen molar-refractivity contribution in [3.8, 4) is 11.5 Å². The van der Waals surface area contributed by atoms with Crippen molar-refractivity contribution in [1.82, 2.24) is 4.90 Å². The summed E-state index contributed by atoms with van der Waals surface area (Å²) in [5.74, 6) is 0.630. The topological polar surface area (TPSA) is 55.8 Å². The zero-order chi connectivity index (χ0) is 23.5. The van der Waals surface area contributed by atoms with Crippen molar-refractivity contribution in [3.63, 3.8) is 0 Å². The second kappa shape index (κ2) is 9.89. The van der Waals surface area contributed by atoms with Crippen molar-refractivity contribution in [2.24, 2.45) is 0 Å². The predicted octanol–water partition coefficient (Wildman–Crippen LogP) is 6.92. The van der Waals surface area contributed by atoms with Crippen LogP contribution >= 0.6 is 23.4 Å². The zero-order valence-corrected chi connectivity index (χ0v) is 20.2. The van der Waals surface area contributed by atoms with Gasteiger partial charge in [-0.15, -0.1) is 0 Å².